The molecule has 0 saturated carbocycles. The van der Waals surface area contributed by atoms with Gasteiger partial charge in [-0.1, -0.05) is 6.07 Å². The molecule has 1 aromatic heterocycles. The molecule has 1 atom stereocenters. The van der Waals surface area contributed by atoms with Crippen LogP contribution in [0.15, 0.2) is 30.3 Å². The van der Waals surface area contributed by atoms with Crippen molar-refractivity contribution in [1.82, 2.24) is 4.57 Å². The van der Waals surface area contributed by atoms with Gasteiger partial charge in [-0.05, 0) is 48.2 Å². The van der Waals surface area contributed by atoms with Crippen LogP contribution in [-0.2, 0) is 19.9 Å². The molecule has 3 aromatic rings. The first-order chi connectivity index (χ1) is 13.1. The van der Waals surface area contributed by atoms with E-state index in [1.807, 2.05) is 23.7 Å². The van der Waals surface area contributed by atoms with Gasteiger partial charge in [0.15, 0.2) is 5.78 Å². The molecule has 5 heteroatoms. The lowest BCUT2D eigenvalue weighted by molar-refractivity contribution is 0.0964. The lowest BCUT2D eigenvalue weighted by Gasteiger charge is -2.12. The van der Waals surface area contributed by atoms with Gasteiger partial charge in [-0.25, -0.2) is 4.39 Å². The zero-order chi connectivity index (χ0) is 18.7. The van der Waals surface area contributed by atoms with E-state index in [9.17, 15) is 9.18 Å². The number of halogens is 1. The van der Waals surface area contributed by atoms with Crippen LogP contribution in [0.2, 0.25) is 0 Å². The van der Waals surface area contributed by atoms with E-state index in [0.717, 1.165) is 57.4 Å². The number of carbonyl (C=O) groups excluding carboxylic acids is 1. The minimum atomic E-state index is -0.268. The SMILES string of the molecule is Cn1c2c(c3cc(-c4cc(F)cc5c4OC(CN)C5)ccc31)CCCC2=O. The highest BCUT2D eigenvalue weighted by molar-refractivity contribution is 6.04. The molecule has 0 fully saturated rings. The van der Waals surface area contributed by atoms with Crippen molar-refractivity contribution < 1.29 is 13.9 Å². The highest BCUT2D eigenvalue weighted by Crippen LogP contribution is 2.41. The minimum Gasteiger partial charge on any atom is -0.488 e. The van der Waals surface area contributed by atoms with Crippen LogP contribution < -0.4 is 10.5 Å². The van der Waals surface area contributed by atoms with E-state index in [1.165, 1.54) is 12.1 Å². The van der Waals surface area contributed by atoms with Gasteiger partial charge in [0, 0.05) is 48.5 Å². The van der Waals surface area contributed by atoms with Crippen molar-refractivity contribution in [2.24, 2.45) is 12.8 Å². The maximum absolute atomic E-state index is 14.2. The van der Waals surface area contributed by atoms with Crippen LogP contribution in [-0.4, -0.2) is 23.0 Å². The standard InChI is InChI=1S/C22H21FN2O2/c1-25-19-6-5-12(9-18(19)16-3-2-4-20(26)21(16)25)17-10-14(23)7-13-8-15(11-24)27-22(13)17/h5-7,9-10,15H,2-4,8,11,24H2,1H3. The predicted octanol–water partition coefficient (Wildman–Crippen LogP) is 3.77. The smallest absolute Gasteiger partial charge is 0.179 e. The molecule has 0 saturated heterocycles. The molecule has 2 aliphatic rings. The number of fused-ring (bicyclic) bond motifs is 4. The molecule has 4 nitrogen and oxygen atoms in total. The van der Waals surface area contributed by atoms with Crippen LogP contribution in [0.1, 0.15) is 34.5 Å². The maximum atomic E-state index is 14.2. The molecule has 1 aliphatic carbocycles. The Morgan fingerprint density at radius 3 is 2.93 bits per heavy atom. The van der Waals surface area contributed by atoms with Crippen molar-refractivity contribution in [3.05, 3.63) is 53.0 Å². The summed E-state index contributed by atoms with van der Waals surface area (Å²) in [6.45, 7) is 0.406. The summed E-state index contributed by atoms with van der Waals surface area (Å²) in [5.74, 6) is 0.666. The second-order valence-corrected chi connectivity index (χ2v) is 7.52. The van der Waals surface area contributed by atoms with Gasteiger partial charge in [0.1, 0.15) is 17.7 Å². The number of hydrogen-bond donors (Lipinski definition) is 1. The predicted molar refractivity (Wildman–Crippen MR) is 103 cm³/mol. The number of carbonyl (C=O) groups is 1. The molecular weight excluding hydrogens is 343 g/mol. The number of hydrogen-bond acceptors (Lipinski definition) is 3. The summed E-state index contributed by atoms with van der Waals surface area (Å²) < 4.78 is 22.2. The third kappa shape index (κ3) is 2.42. The van der Waals surface area contributed by atoms with Gasteiger partial charge in [-0.3, -0.25) is 4.79 Å². The molecule has 0 spiro atoms. The number of nitrogens with zero attached hydrogens (tertiary/aromatic N) is 1. The third-order valence-electron chi connectivity index (χ3n) is 5.84. The van der Waals surface area contributed by atoms with E-state index in [4.69, 9.17) is 10.5 Å². The molecular formula is C22H21FN2O2. The van der Waals surface area contributed by atoms with Gasteiger partial charge in [0.2, 0.25) is 0 Å². The van der Waals surface area contributed by atoms with E-state index in [2.05, 4.69) is 6.07 Å². The number of nitrogens with two attached hydrogens (primary N) is 1. The number of aryl methyl sites for hydroxylation is 2. The molecule has 5 rings (SSSR count). The summed E-state index contributed by atoms with van der Waals surface area (Å²) in [5, 5.41) is 1.07. The second-order valence-electron chi connectivity index (χ2n) is 7.52. The average molecular weight is 364 g/mol. The molecule has 0 radical (unpaired) electrons. The average Bonchev–Trinajstić information content (AvgIpc) is 3.21. The Kier molecular flexibility index (Phi) is 3.62. The van der Waals surface area contributed by atoms with E-state index >= 15 is 0 Å². The van der Waals surface area contributed by atoms with E-state index in [0.29, 0.717) is 19.4 Å². The number of ether oxygens (including phenoxy) is 1. The molecule has 27 heavy (non-hydrogen) atoms. The van der Waals surface area contributed by atoms with Crippen LogP contribution >= 0.6 is 0 Å². The molecule has 2 aromatic carbocycles. The first-order valence-electron chi connectivity index (χ1n) is 9.41. The fourth-order valence-electron chi connectivity index (χ4n) is 4.58. The highest BCUT2D eigenvalue weighted by Gasteiger charge is 2.28. The Bertz CT molecular complexity index is 1100. The zero-order valence-electron chi connectivity index (χ0n) is 15.2. The minimum absolute atomic E-state index is 0.105. The fourth-order valence-corrected chi connectivity index (χ4v) is 4.58. The molecule has 0 amide bonds. The number of rotatable bonds is 2. The normalized spacial score (nSPS) is 18.5. The summed E-state index contributed by atoms with van der Waals surface area (Å²) >= 11 is 0. The van der Waals surface area contributed by atoms with Crippen molar-refractivity contribution in [3.8, 4) is 16.9 Å². The Labute approximate surface area is 156 Å². The second kappa shape index (κ2) is 5.92. The number of Topliss-reactive ketones (excluding diaryl/α,β-unsaturated/α-hetero) is 1. The molecule has 138 valence electrons. The summed E-state index contributed by atoms with van der Waals surface area (Å²) in [6, 6.07) is 9.13. The lowest BCUT2D eigenvalue weighted by Crippen LogP contribution is -2.24. The van der Waals surface area contributed by atoms with Crippen molar-refractivity contribution in [1.29, 1.82) is 0 Å². The van der Waals surface area contributed by atoms with Crippen molar-refractivity contribution in [2.45, 2.75) is 31.8 Å². The van der Waals surface area contributed by atoms with Crippen LogP contribution in [0, 0.1) is 5.82 Å². The Morgan fingerprint density at radius 1 is 1.26 bits per heavy atom. The molecule has 0 bridgehead atoms. The lowest BCUT2D eigenvalue weighted by atomic mass is 9.93. The van der Waals surface area contributed by atoms with Crippen molar-refractivity contribution in [2.75, 3.05) is 6.54 Å². The van der Waals surface area contributed by atoms with Crippen LogP contribution in [0.5, 0.6) is 5.75 Å². The Hall–Kier alpha value is -2.66. The van der Waals surface area contributed by atoms with Gasteiger partial charge >= 0.3 is 0 Å². The quantitative estimate of drug-likeness (QED) is 0.753. The third-order valence-corrected chi connectivity index (χ3v) is 5.84. The molecule has 1 unspecified atom stereocenters. The number of aromatic nitrogens is 1. The summed E-state index contributed by atoms with van der Waals surface area (Å²) in [7, 11) is 1.94. The van der Waals surface area contributed by atoms with E-state index < -0.39 is 0 Å². The van der Waals surface area contributed by atoms with Gasteiger partial charge in [0.05, 0.1) is 5.69 Å². The van der Waals surface area contributed by atoms with Gasteiger partial charge < -0.3 is 15.0 Å². The fraction of sp³-hybridized carbons (Fsp3) is 0.318. The molecule has 2 N–H and O–H groups in total. The largest absolute Gasteiger partial charge is 0.488 e. The van der Waals surface area contributed by atoms with E-state index in [1.54, 1.807) is 0 Å². The Balaban J connectivity index is 1.71. The summed E-state index contributed by atoms with van der Waals surface area (Å²) in [5.41, 5.74) is 11.2. The van der Waals surface area contributed by atoms with Crippen LogP contribution in [0.25, 0.3) is 22.0 Å². The molecule has 1 aliphatic heterocycles. The van der Waals surface area contributed by atoms with Gasteiger partial charge in [-0.2, -0.15) is 0 Å². The highest BCUT2D eigenvalue weighted by atomic mass is 19.1. The van der Waals surface area contributed by atoms with Crippen molar-refractivity contribution >= 4 is 16.7 Å². The summed E-state index contributed by atoms with van der Waals surface area (Å²) in [4.78, 5) is 12.4. The number of benzene rings is 2. The van der Waals surface area contributed by atoms with Crippen LogP contribution in [0.4, 0.5) is 4.39 Å². The first kappa shape index (κ1) is 16.5. The molecule has 2 heterocycles. The number of ketones is 1. The van der Waals surface area contributed by atoms with Crippen molar-refractivity contribution in [3.63, 3.8) is 0 Å². The summed E-state index contributed by atoms with van der Waals surface area (Å²) in [6.07, 6.45) is 2.91. The Morgan fingerprint density at radius 2 is 2.11 bits per heavy atom. The van der Waals surface area contributed by atoms with Gasteiger partial charge in [0.25, 0.3) is 0 Å². The zero-order valence-corrected chi connectivity index (χ0v) is 15.2. The van der Waals surface area contributed by atoms with E-state index in [-0.39, 0.29) is 17.7 Å². The van der Waals surface area contributed by atoms with Gasteiger partial charge in [-0.15, -0.1) is 0 Å². The maximum Gasteiger partial charge on any atom is 0.179 e. The monoisotopic (exact) mass is 364 g/mol. The first-order valence-corrected chi connectivity index (χ1v) is 9.41. The topological polar surface area (TPSA) is 57.2 Å². The van der Waals surface area contributed by atoms with Crippen LogP contribution in [0.3, 0.4) is 0 Å².